The maximum atomic E-state index is 12.3. The van der Waals surface area contributed by atoms with Gasteiger partial charge in [0.1, 0.15) is 0 Å². The molecule has 4 heteroatoms. The molecule has 0 spiro atoms. The number of carboxylic acids is 1. The lowest BCUT2D eigenvalue weighted by molar-refractivity contribution is -0.145. The van der Waals surface area contributed by atoms with Crippen LogP contribution in [0.2, 0.25) is 0 Å². The van der Waals surface area contributed by atoms with Crippen molar-refractivity contribution in [1.29, 1.82) is 0 Å². The van der Waals surface area contributed by atoms with E-state index < -0.39 is 17.3 Å². The summed E-state index contributed by atoms with van der Waals surface area (Å²) in [6.45, 7) is 10.3. The molecule has 0 fully saturated rings. The predicted molar refractivity (Wildman–Crippen MR) is 72.4 cm³/mol. The summed E-state index contributed by atoms with van der Waals surface area (Å²) in [5.41, 5.74) is -0.454. The fraction of sp³-hybridized carbons (Fsp3) is 0.857. The van der Waals surface area contributed by atoms with Gasteiger partial charge in [0.2, 0.25) is 5.91 Å². The van der Waals surface area contributed by atoms with Crippen LogP contribution in [0.25, 0.3) is 0 Å². The monoisotopic (exact) mass is 257 g/mol. The second kappa shape index (κ2) is 7.39. The number of carboxylic acid groups (broad SMARTS) is 1. The Bertz CT molecular complexity index is 281. The van der Waals surface area contributed by atoms with Crippen LogP contribution in [0.4, 0.5) is 0 Å². The zero-order valence-corrected chi connectivity index (χ0v) is 12.3. The molecule has 0 aliphatic carbocycles. The number of hydrogen-bond donors (Lipinski definition) is 1. The lowest BCUT2D eigenvalue weighted by Crippen LogP contribution is -2.43. The molecule has 1 atom stereocenters. The van der Waals surface area contributed by atoms with Crippen LogP contribution in [-0.2, 0) is 9.59 Å². The Labute approximate surface area is 110 Å². The highest BCUT2D eigenvalue weighted by atomic mass is 16.4. The molecule has 1 amide bonds. The van der Waals surface area contributed by atoms with E-state index in [1.165, 1.54) is 0 Å². The van der Waals surface area contributed by atoms with E-state index in [2.05, 4.69) is 6.92 Å². The molecule has 0 aliphatic heterocycles. The summed E-state index contributed by atoms with van der Waals surface area (Å²) in [7, 11) is 0. The van der Waals surface area contributed by atoms with Gasteiger partial charge in [-0.1, -0.05) is 47.5 Å². The van der Waals surface area contributed by atoms with Gasteiger partial charge in [0.15, 0.2) is 0 Å². The highest BCUT2D eigenvalue weighted by molar-refractivity contribution is 5.82. The van der Waals surface area contributed by atoms with E-state index in [0.717, 1.165) is 19.3 Å². The molecule has 0 aromatic carbocycles. The highest BCUT2D eigenvalue weighted by Crippen LogP contribution is 2.19. The third kappa shape index (κ3) is 6.03. The predicted octanol–water partition coefficient (Wildman–Crippen LogP) is 2.77. The second-order valence-corrected chi connectivity index (χ2v) is 5.95. The lowest BCUT2D eigenvalue weighted by Gasteiger charge is -2.30. The zero-order valence-electron chi connectivity index (χ0n) is 12.3. The average Bonchev–Trinajstić information content (AvgIpc) is 2.25. The van der Waals surface area contributed by atoms with Crippen molar-refractivity contribution in [2.45, 2.75) is 53.9 Å². The first-order chi connectivity index (χ1) is 8.20. The van der Waals surface area contributed by atoms with Gasteiger partial charge >= 0.3 is 5.97 Å². The quantitative estimate of drug-likeness (QED) is 0.713. The Morgan fingerprint density at radius 1 is 1.22 bits per heavy atom. The van der Waals surface area contributed by atoms with Crippen LogP contribution >= 0.6 is 0 Å². The SMILES string of the molecule is CCCCCN(CC(C)C(=O)O)C(=O)C(C)(C)C. The molecule has 18 heavy (non-hydrogen) atoms. The Morgan fingerprint density at radius 2 is 1.78 bits per heavy atom. The lowest BCUT2D eigenvalue weighted by atomic mass is 9.94. The van der Waals surface area contributed by atoms with Crippen molar-refractivity contribution < 1.29 is 14.7 Å². The van der Waals surface area contributed by atoms with Crippen molar-refractivity contribution in [1.82, 2.24) is 4.90 Å². The summed E-state index contributed by atoms with van der Waals surface area (Å²) in [5.74, 6) is -1.33. The third-order valence-corrected chi connectivity index (χ3v) is 2.88. The minimum absolute atomic E-state index is 0.0340. The van der Waals surface area contributed by atoms with E-state index in [9.17, 15) is 9.59 Å². The smallest absolute Gasteiger partial charge is 0.308 e. The number of carbonyl (C=O) groups excluding carboxylic acids is 1. The molecule has 106 valence electrons. The molecule has 1 unspecified atom stereocenters. The van der Waals surface area contributed by atoms with E-state index >= 15 is 0 Å². The Balaban J connectivity index is 4.61. The van der Waals surface area contributed by atoms with Crippen molar-refractivity contribution in [2.24, 2.45) is 11.3 Å². The van der Waals surface area contributed by atoms with Gasteiger partial charge in [-0.15, -0.1) is 0 Å². The average molecular weight is 257 g/mol. The minimum atomic E-state index is -0.850. The van der Waals surface area contributed by atoms with Crippen LogP contribution in [-0.4, -0.2) is 35.0 Å². The molecule has 0 radical (unpaired) electrons. The van der Waals surface area contributed by atoms with Crippen molar-refractivity contribution in [3.05, 3.63) is 0 Å². The maximum Gasteiger partial charge on any atom is 0.308 e. The Morgan fingerprint density at radius 3 is 2.17 bits per heavy atom. The summed E-state index contributed by atoms with van der Waals surface area (Å²) in [6.07, 6.45) is 3.09. The number of unbranched alkanes of at least 4 members (excludes halogenated alkanes) is 2. The van der Waals surface area contributed by atoms with E-state index in [4.69, 9.17) is 5.11 Å². The third-order valence-electron chi connectivity index (χ3n) is 2.88. The molecule has 0 rings (SSSR count). The number of hydrogen-bond acceptors (Lipinski definition) is 2. The number of rotatable bonds is 7. The standard InChI is InChI=1S/C14H27NO3/c1-6-7-8-9-15(10-11(2)12(16)17)13(18)14(3,4)5/h11H,6-10H2,1-5H3,(H,16,17). The van der Waals surface area contributed by atoms with Gasteiger partial charge in [0.05, 0.1) is 5.92 Å². The van der Waals surface area contributed by atoms with Crippen molar-refractivity contribution in [3.8, 4) is 0 Å². The molecule has 4 nitrogen and oxygen atoms in total. The molecule has 0 aromatic heterocycles. The van der Waals surface area contributed by atoms with Gasteiger partial charge in [-0.05, 0) is 6.42 Å². The molecule has 0 aliphatic rings. The first kappa shape index (κ1) is 16.9. The molecule has 0 saturated carbocycles. The van der Waals surface area contributed by atoms with Gasteiger partial charge in [-0.3, -0.25) is 9.59 Å². The molecule has 1 N–H and O–H groups in total. The summed E-state index contributed by atoms with van der Waals surface area (Å²) in [4.78, 5) is 24.9. The molecule has 0 heterocycles. The Hall–Kier alpha value is -1.06. The molecular weight excluding hydrogens is 230 g/mol. The largest absolute Gasteiger partial charge is 0.481 e. The fourth-order valence-electron chi connectivity index (χ4n) is 1.71. The summed E-state index contributed by atoms with van der Waals surface area (Å²) >= 11 is 0. The van der Waals surface area contributed by atoms with E-state index in [1.54, 1.807) is 11.8 Å². The van der Waals surface area contributed by atoms with E-state index in [-0.39, 0.29) is 5.91 Å². The minimum Gasteiger partial charge on any atom is -0.481 e. The first-order valence-electron chi connectivity index (χ1n) is 6.72. The fourth-order valence-corrected chi connectivity index (χ4v) is 1.71. The van der Waals surface area contributed by atoms with Gasteiger partial charge in [-0.25, -0.2) is 0 Å². The van der Waals surface area contributed by atoms with Crippen LogP contribution in [0.1, 0.15) is 53.9 Å². The normalized spacial score (nSPS) is 13.2. The number of aliphatic carboxylic acids is 1. The van der Waals surface area contributed by atoms with Crippen LogP contribution in [0.15, 0.2) is 0 Å². The second-order valence-electron chi connectivity index (χ2n) is 5.95. The zero-order chi connectivity index (χ0) is 14.3. The summed E-state index contributed by atoms with van der Waals surface area (Å²) in [6, 6.07) is 0. The van der Waals surface area contributed by atoms with Crippen LogP contribution in [0.5, 0.6) is 0 Å². The Kier molecular flexibility index (Phi) is 6.96. The first-order valence-corrected chi connectivity index (χ1v) is 6.72. The molecule has 0 aromatic rings. The summed E-state index contributed by atoms with van der Waals surface area (Å²) in [5, 5.41) is 8.95. The van der Waals surface area contributed by atoms with Crippen LogP contribution in [0, 0.1) is 11.3 Å². The van der Waals surface area contributed by atoms with Gasteiger partial charge in [0.25, 0.3) is 0 Å². The number of amides is 1. The highest BCUT2D eigenvalue weighted by Gasteiger charge is 2.29. The van der Waals surface area contributed by atoms with Crippen molar-refractivity contribution in [2.75, 3.05) is 13.1 Å². The molecule has 0 bridgehead atoms. The van der Waals surface area contributed by atoms with Gasteiger partial charge in [0, 0.05) is 18.5 Å². The van der Waals surface area contributed by atoms with E-state index in [1.807, 2.05) is 20.8 Å². The van der Waals surface area contributed by atoms with Crippen LogP contribution in [0.3, 0.4) is 0 Å². The van der Waals surface area contributed by atoms with Gasteiger partial charge in [-0.2, -0.15) is 0 Å². The van der Waals surface area contributed by atoms with E-state index in [0.29, 0.717) is 13.1 Å². The number of nitrogens with zero attached hydrogens (tertiary/aromatic N) is 1. The van der Waals surface area contributed by atoms with Gasteiger partial charge < -0.3 is 10.0 Å². The maximum absolute atomic E-state index is 12.3. The molecular formula is C14H27NO3. The topological polar surface area (TPSA) is 57.6 Å². The van der Waals surface area contributed by atoms with Crippen molar-refractivity contribution in [3.63, 3.8) is 0 Å². The van der Waals surface area contributed by atoms with Crippen molar-refractivity contribution >= 4 is 11.9 Å². The molecule has 0 saturated heterocycles. The van der Waals surface area contributed by atoms with Crippen LogP contribution < -0.4 is 0 Å². The summed E-state index contributed by atoms with van der Waals surface area (Å²) < 4.78 is 0. The number of carbonyl (C=O) groups is 2.